The molecule has 1 aliphatic rings. The Hall–Kier alpha value is -1.07. The molecule has 1 fully saturated rings. The lowest BCUT2D eigenvalue weighted by Crippen LogP contribution is -2.53. The molecule has 1 saturated heterocycles. The maximum Gasteiger partial charge on any atom is 0.329 e. The molecule has 1 unspecified atom stereocenters. The molecule has 1 heterocycles. The van der Waals surface area contributed by atoms with E-state index in [1.807, 2.05) is 0 Å². The van der Waals surface area contributed by atoms with E-state index in [1.165, 1.54) is 6.20 Å². The van der Waals surface area contributed by atoms with Gasteiger partial charge in [-0.3, -0.25) is 4.90 Å². The number of rotatable bonds is 4. The molecule has 0 aromatic heterocycles. The van der Waals surface area contributed by atoms with Gasteiger partial charge in [0.15, 0.2) is 0 Å². The number of likely N-dealkylation sites (N-methyl/N-ethyl adjacent to an activating group) is 2. The average Bonchev–Trinajstić information content (AvgIpc) is 2.17. The van der Waals surface area contributed by atoms with Crippen LogP contribution in [-0.4, -0.2) is 67.2 Å². The van der Waals surface area contributed by atoms with Crippen LogP contribution in [0.1, 0.15) is 0 Å². The summed E-state index contributed by atoms with van der Waals surface area (Å²) in [7, 11) is 4.20. The van der Waals surface area contributed by atoms with Crippen molar-refractivity contribution in [2.75, 3.05) is 40.3 Å². The molecule has 2 N–H and O–H groups in total. The van der Waals surface area contributed by atoms with Gasteiger partial charge in [-0.2, -0.15) is 0 Å². The number of nitrogens with one attached hydrogen (secondary N) is 1. The third-order valence-electron chi connectivity index (χ3n) is 2.68. The molecule has 0 aliphatic carbocycles. The maximum absolute atomic E-state index is 10.2. The highest BCUT2D eigenvalue weighted by Gasteiger charge is 2.20. The highest BCUT2D eigenvalue weighted by molar-refractivity contribution is 5.79. The van der Waals surface area contributed by atoms with Crippen LogP contribution in [0.4, 0.5) is 0 Å². The predicted molar refractivity (Wildman–Crippen MR) is 58.7 cm³/mol. The van der Waals surface area contributed by atoms with Crippen molar-refractivity contribution in [3.8, 4) is 0 Å². The maximum atomic E-state index is 10.2. The number of carbonyl (C=O) groups is 1. The lowest BCUT2D eigenvalue weighted by Gasteiger charge is -2.37. The molecule has 5 heteroatoms. The van der Waals surface area contributed by atoms with Crippen LogP contribution in [0.25, 0.3) is 0 Å². The van der Waals surface area contributed by atoms with E-state index in [0.717, 1.165) is 32.3 Å². The fraction of sp³-hybridized carbons (Fsp3) is 0.700. The van der Waals surface area contributed by atoms with Crippen molar-refractivity contribution in [2.45, 2.75) is 6.04 Å². The summed E-state index contributed by atoms with van der Waals surface area (Å²) in [6, 6.07) is 0.446. The smallest absolute Gasteiger partial charge is 0.329 e. The van der Waals surface area contributed by atoms with Crippen LogP contribution >= 0.6 is 0 Å². The van der Waals surface area contributed by atoms with Gasteiger partial charge in [0.2, 0.25) is 0 Å². The van der Waals surface area contributed by atoms with Crippen LogP contribution < -0.4 is 5.32 Å². The second-order valence-corrected chi connectivity index (χ2v) is 3.98. The lowest BCUT2D eigenvalue weighted by atomic mass is 10.2. The Kier molecular flexibility index (Phi) is 4.58. The molecular weight excluding hydrogens is 194 g/mol. The molecule has 0 bridgehead atoms. The van der Waals surface area contributed by atoms with Gasteiger partial charge in [0.05, 0.1) is 0 Å². The summed E-state index contributed by atoms with van der Waals surface area (Å²) in [5.41, 5.74) is 0. The van der Waals surface area contributed by atoms with Gasteiger partial charge in [-0.1, -0.05) is 0 Å². The second kappa shape index (κ2) is 5.72. The zero-order chi connectivity index (χ0) is 11.3. The number of hydrogen-bond acceptors (Lipinski definition) is 4. The molecule has 1 aliphatic heterocycles. The molecule has 1 rings (SSSR count). The van der Waals surface area contributed by atoms with E-state index < -0.39 is 5.97 Å². The average molecular weight is 213 g/mol. The van der Waals surface area contributed by atoms with E-state index in [0.29, 0.717) is 6.04 Å². The molecule has 0 radical (unpaired) electrons. The Morgan fingerprint density at radius 2 is 2.27 bits per heavy atom. The molecule has 1 atom stereocenters. The van der Waals surface area contributed by atoms with Crippen LogP contribution in [-0.2, 0) is 4.79 Å². The van der Waals surface area contributed by atoms with Crippen molar-refractivity contribution >= 4 is 5.97 Å². The van der Waals surface area contributed by atoms with Crippen LogP contribution in [0.15, 0.2) is 12.3 Å². The molecule has 0 spiro atoms. The summed E-state index contributed by atoms with van der Waals surface area (Å²) in [6.07, 6.45) is 2.61. The standard InChI is InChI=1S/C10H19N3O2/c1-12-5-6-13(2)9(8-12)7-11-4-3-10(14)15/h3-4,9,11H,5-8H2,1-2H3,(H,14,15)/b4-3+. The number of hydrogen-bond donors (Lipinski definition) is 2. The normalized spacial score (nSPS) is 24.5. The molecule has 15 heavy (non-hydrogen) atoms. The molecule has 0 saturated carbocycles. The number of aliphatic carboxylic acids is 1. The van der Waals surface area contributed by atoms with E-state index in [1.54, 1.807) is 0 Å². The lowest BCUT2D eigenvalue weighted by molar-refractivity contribution is -0.131. The molecule has 0 aromatic carbocycles. The summed E-state index contributed by atoms with van der Waals surface area (Å²) < 4.78 is 0. The van der Waals surface area contributed by atoms with E-state index in [-0.39, 0.29) is 0 Å². The fourth-order valence-corrected chi connectivity index (χ4v) is 1.66. The Morgan fingerprint density at radius 3 is 2.93 bits per heavy atom. The first kappa shape index (κ1) is 12.0. The fourth-order valence-electron chi connectivity index (χ4n) is 1.66. The summed E-state index contributed by atoms with van der Waals surface area (Å²) in [4.78, 5) is 14.8. The zero-order valence-electron chi connectivity index (χ0n) is 9.31. The summed E-state index contributed by atoms with van der Waals surface area (Å²) in [5, 5.41) is 11.4. The first-order valence-corrected chi connectivity index (χ1v) is 5.11. The van der Waals surface area contributed by atoms with E-state index in [9.17, 15) is 4.79 Å². The van der Waals surface area contributed by atoms with Crippen molar-refractivity contribution < 1.29 is 9.90 Å². The highest BCUT2D eigenvalue weighted by Crippen LogP contribution is 2.04. The number of carboxylic acid groups (broad SMARTS) is 1. The molecule has 86 valence electrons. The number of carboxylic acids is 1. The summed E-state index contributed by atoms with van der Waals surface area (Å²) in [6.45, 7) is 3.96. The van der Waals surface area contributed by atoms with Gasteiger partial charge in [-0.05, 0) is 14.1 Å². The van der Waals surface area contributed by atoms with Gasteiger partial charge in [0, 0.05) is 44.5 Å². The van der Waals surface area contributed by atoms with Gasteiger partial charge in [-0.15, -0.1) is 0 Å². The van der Waals surface area contributed by atoms with Gasteiger partial charge >= 0.3 is 5.97 Å². The third-order valence-corrected chi connectivity index (χ3v) is 2.68. The molecule has 5 nitrogen and oxygen atoms in total. The zero-order valence-corrected chi connectivity index (χ0v) is 9.31. The van der Waals surface area contributed by atoms with Gasteiger partial charge < -0.3 is 15.3 Å². The van der Waals surface area contributed by atoms with Crippen molar-refractivity contribution in [2.24, 2.45) is 0 Å². The van der Waals surface area contributed by atoms with Crippen molar-refractivity contribution in [1.29, 1.82) is 0 Å². The van der Waals surface area contributed by atoms with Crippen molar-refractivity contribution in [1.82, 2.24) is 15.1 Å². The third kappa shape index (κ3) is 4.31. The molecule has 0 amide bonds. The quantitative estimate of drug-likeness (QED) is 0.612. The summed E-state index contributed by atoms with van der Waals surface area (Å²) >= 11 is 0. The van der Waals surface area contributed by atoms with Gasteiger partial charge in [-0.25, -0.2) is 4.79 Å². The number of piperazine rings is 1. The van der Waals surface area contributed by atoms with Crippen molar-refractivity contribution in [3.05, 3.63) is 12.3 Å². The van der Waals surface area contributed by atoms with Crippen LogP contribution in [0.2, 0.25) is 0 Å². The van der Waals surface area contributed by atoms with E-state index in [4.69, 9.17) is 5.11 Å². The summed E-state index contributed by atoms with van der Waals surface area (Å²) in [5.74, 6) is -0.920. The largest absolute Gasteiger partial charge is 0.478 e. The SMILES string of the molecule is CN1CCN(C)C(CN/C=C/C(=O)O)C1. The minimum Gasteiger partial charge on any atom is -0.478 e. The van der Waals surface area contributed by atoms with Crippen LogP contribution in [0.3, 0.4) is 0 Å². The number of nitrogens with zero attached hydrogens (tertiary/aromatic N) is 2. The molecule has 0 aromatic rings. The van der Waals surface area contributed by atoms with Gasteiger partial charge in [0.1, 0.15) is 0 Å². The topological polar surface area (TPSA) is 55.8 Å². The highest BCUT2D eigenvalue weighted by atomic mass is 16.4. The van der Waals surface area contributed by atoms with Crippen LogP contribution in [0, 0.1) is 0 Å². The minimum absolute atomic E-state index is 0.446. The monoisotopic (exact) mass is 213 g/mol. The van der Waals surface area contributed by atoms with E-state index in [2.05, 4.69) is 29.2 Å². The van der Waals surface area contributed by atoms with Gasteiger partial charge in [0.25, 0.3) is 0 Å². The van der Waals surface area contributed by atoms with Crippen molar-refractivity contribution in [3.63, 3.8) is 0 Å². The van der Waals surface area contributed by atoms with E-state index >= 15 is 0 Å². The van der Waals surface area contributed by atoms with Crippen LogP contribution in [0.5, 0.6) is 0 Å². The molecular formula is C10H19N3O2. The Balaban J connectivity index is 2.27. The Bertz CT molecular complexity index is 243. The first-order chi connectivity index (χ1) is 7.09. The first-order valence-electron chi connectivity index (χ1n) is 5.11. The Labute approximate surface area is 90.4 Å². The minimum atomic E-state index is -0.920. The predicted octanol–water partition coefficient (Wildman–Crippen LogP) is -0.580. The second-order valence-electron chi connectivity index (χ2n) is 3.98. The Morgan fingerprint density at radius 1 is 1.53 bits per heavy atom.